The summed E-state index contributed by atoms with van der Waals surface area (Å²) < 4.78 is 26.3. The van der Waals surface area contributed by atoms with Gasteiger partial charge in [0.05, 0.1) is 5.75 Å². The predicted octanol–water partition coefficient (Wildman–Crippen LogP) is 1.32. The third-order valence-electron chi connectivity index (χ3n) is 4.56. The van der Waals surface area contributed by atoms with Crippen LogP contribution in [0.2, 0.25) is 0 Å². The van der Waals surface area contributed by atoms with Crippen molar-refractivity contribution in [3.63, 3.8) is 0 Å². The molecule has 2 aliphatic rings. The zero-order valence-corrected chi connectivity index (χ0v) is 11.5. The molecule has 0 aromatic carbocycles. The molecular formula is C12H24N2O2S. The van der Waals surface area contributed by atoms with Gasteiger partial charge in [-0.15, -0.1) is 0 Å². The van der Waals surface area contributed by atoms with Gasteiger partial charge in [0.2, 0.25) is 10.0 Å². The molecule has 17 heavy (non-hydrogen) atoms. The second kappa shape index (κ2) is 4.86. The molecule has 2 fully saturated rings. The first-order valence-corrected chi connectivity index (χ1v) is 8.36. The lowest BCUT2D eigenvalue weighted by molar-refractivity contribution is 0.256. The second-order valence-electron chi connectivity index (χ2n) is 5.50. The van der Waals surface area contributed by atoms with Crippen LogP contribution in [0.25, 0.3) is 0 Å². The number of unbranched alkanes of at least 4 members (excludes halogenated alkanes) is 1. The van der Waals surface area contributed by atoms with Gasteiger partial charge in [-0.1, -0.05) is 19.8 Å². The molecule has 2 atom stereocenters. The summed E-state index contributed by atoms with van der Waals surface area (Å²) in [5.74, 6) is 0.306. The Labute approximate surface area is 105 Å². The standard InChI is InChI=1S/C12H24N2O2S/c1-2-3-9-17(15,16)14-8-7-12(10-13)6-4-5-11(12)14/h11H,2-10,13H2,1H3/t11-,12-/m0/s1. The van der Waals surface area contributed by atoms with Crippen LogP contribution in [0.4, 0.5) is 0 Å². The van der Waals surface area contributed by atoms with Gasteiger partial charge in [0.15, 0.2) is 0 Å². The summed E-state index contributed by atoms with van der Waals surface area (Å²) in [5, 5.41) is 0. The lowest BCUT2D eigenvalue weighted by Gasteiger charge is -2.30. The fourth-order valence-corrected chi connectivity index (χ4v) is 5.44. The molecule has 0 aromatic rings. The van der Waals surface area contributed by atoms with Gasteiger partial charge in [0.25, 0.3) is 0 Å². The van der Waals surface area contributed by atoms with E-state index in [1.807, 2.05) is 6.92 Å². The molecule has 0 bridgehead atoms. The molecule has 2 N–H and O–H groups in total. The van der Waals surface area contributed by atoms with Crippen LogP contribution in [-0.4, -0.2) is 37.6 Å². The largest absolute Gasteiger partial charge is 0.330 e. The highest BCUT2D eigenvalue weighted by Gasteiger charge is 2.52. The molecule has 0 aromatic heterocycles. The number of sulfonamides is 1. The summed E-state index contributed by atoms with van der Waals surface area (Å²) in [6, 6.07) is 0.189. The summed E-state index contributed by atoms with van der Waals surface area (Å²) in [6.07, 6.45) is 5.89. The van der Waals surface area contributed by atoms with Crippen LogP contribution in [0.5, 0.6) is 0 Å². The van der Waals surface area contributed by atoms with Crippen molar-refractivity contribution >= 4 is 10.0 Å². The summed E-state index contributed by atoms with van der Waals surface area (Å²) in [5.41, 5.74) is 5.99. The van der Waals surface area contributed by atoms with Gasteiger partial charge in [-0.2, -0.15) is 4.31 Å². The molecule has 4 nitrogen and oxygen atoms in total. The Kier molecular flexibility index (Phi) is 3.80. The van der Waals surface area contributed by atoms with E-state index in [4.69, 9.17) is 5.73 Å². The van der Waals surface area contributed by atoms with Crippen molar-refractivity contribution in [1.82, 2.24) is 4.31 Å². The van der Waals surface area contributed by atoms with E-state index in [-0.39, 0.29) is 11.5 Å². The molecule has 1 saturated heterocycles. The summed E-state index contributed by atoms with van der Waals surface area (Å²) in [4.78, 5) is 0. The maximum Gasteiger partial charge on any atom is 0.214 e. The fourth-order valence-electron chi connectivity index (χ4n) is 3.47. The van der Waals surface area contributed by atoms with E-state index in [9.17, 15) is 8.42 Å². The summed E-state index contributed by atoms with van der Waals surface area (Å²) >= 11 is 0. The van der Waals surface area contributed by atoms with Gasteiger partial charge in [0, 0.05) is 18.0 Å². The SMILES string of the molecule is CCCCS(=O)(=O)N1CC[C@]2(CN)CCC[C@H]12. The number of fused-ring (bicyclic) bond motifs is 1. The third kappa shape index (κ3) is 2.25. The Morgan fingerprint density at radius 3 is 2.82 bits per heavy atom. The maximum atomic E-state index is 12.3. The predicted molar refractivity (Wildman–Crippen MR) is 69.1 cm³/mol. The first-order chi connectivity index (χ1) is 8.06. The highest BCUT2D eigenvalue weighted by molar-refractivity contribution is 7.89. The molecule has 1 aliphatic carbocycles. The van der Waals surface area contributed by atoms with E-state index in [0.29, 0.717) is 18.8 Å². The molecule has 5 heteroatoms. The third-order valence-corrected chi connectivity index (χ3v) is 6.51. The smallest absolute Gasteiger partial charge is 0.214 e. The Bertz CT molecular complexity index is 369. The van der Waals surface area contributed by atoms with Crippen LogP contribution in [-0.2, 0) is 10.0 Å². The molecule has 1 saturated carbocycles. The average Bonchev–Trinajstić information content (AvgIpc) is 2.84. The number of nitrogens with zero attached hydrogens (tertiary/aromatic N) is 1. The van der Waals surface area contributed by atoms with Crippen LogP contribution < -0.4 is 5.73 Å². The van der Waals surface area contributed by atoms with Crippen molar-refractivity contribution in [3.05, 3.63) is 0 Å². The topological polar surface area (TPSA) is 63.4 Å². The minimum Gasteiger partial charge on any atom is -0.330 e. The van der Waals surface area contributed by atoms with Crippen molar-refractivity contribution in [2.24, 2.45) is 11.1 Å². The first-order valence-electron chi connectivity index (χ1n) is 6.75. The molecule has 0 radical (unpaired) electrons. The highest BCUT2D eigenvalue weighted by atomic mass is 32.2. The number of hydrogen-bond acceptors (Lipinski definition) is 3. The van der Waals surface area contributed by atoms with Gasteiger partial charge in [0.1, 0.15) is 0 Å². The van der Waals surface area contributed by atoms with E-state index in [1.165, 1.54) is 0 Å². The van der Waals surface area contributed by atoms with E-state index in [2.05, 4.69) is 0 Å². The Morgan fingerprint density at radius 1 is 1.41 bits per heavy atom. The van der Waals surface area contributed by atoms with E-state index < -0.39 is 10.0 Å². The van der Waals surface area contributed by atoms with E-state index >= 15 is 0 Å². The number of hydrogen-bond donors (Lipinski definition) is 1. The van der Waals surface area contributed by atoms with Gasteiger partial charge in [-0.25, -0.2) is 8.42 Å². The molecule has 100 valence electrons. The van der Waals surface area contributed by atoms with Gasteiger partial charge in [-0.05, 0) is 32.2 Å². The molecule has 1 aliphatic heterocycles. The first kappa shape index (κ1) is 13.3. The monoisotopic (exact) mass is 260 g/mol. The molecule has 0 amide bonds. The minimum absolute atomic E-state index is 0.0965. The Balaban J connectivity index is 2.14. The Morgan fingerprint density at radius 2 is 2.18 bits per heavy atom. The summed E-state index contributed by atoms with van der Waals surface area (Å²) in [7, 11) is -3.05. The molecule has 1 heterocycles. The van der Waals surface area contributed by atoms with Crippen molar-refractivity contribution < 1.29 is 8.42 Å². The number of nitrogens with two attached hydrogens (primary N) is 1. The average molecular weight is 260 g/mol. The number of rotatable bonds is 5. The minimum atomic E-state index is -3.05. The summed E-state index contributed by atoms with van der Waals surface area (Å²) in [6.45, 7) is 3.35. The maximum absolute atomic E-state index is 12.3. The van der Waals surface area contributed by atoms with Crippen molar-refractivity contribution in [2.45, 2.75) is 51.5 Å². The lowest BCUT2D eigenvalue weighted by atomic mass is 9.83. The van der Waals surface area contributed by atoms with E-state index in [0.717, 1.165) is 38.5 Å². The van der Waals surface area contributed by atoms with Gasteiger partial charge >= 0.3 is 0 Å². The van der Waals surface area contributed by atoms with Crippen LogP contribution in [0.3, 0.4) is 0 Å². The van der Waals surface area contributed by atoms with Gasteiger partial charge in [-0.3, -0.25) is 0 Å². The van der Waals surface area contributed by atoms with Crippen LogP contribution >= 0.6 is 0 Å². The van der Waals surface area contributed by atoms with Crippen LogP contribution in [0.15, 0.2) is 0 Å². The molecule has 0 unspecified atom stereocenters. The molecule has 2 rings (SSSR count). The second-order valence-corrected chi connectivity index (χ2v) is 7.55. The van der Waals surface area contributed by atoms with Crippen molar-refractivity contribution in [2.75, 3.05) is 18.8 Å². The highest BCUT2D eigenvalue weighted by Crippen LogP contribution is 2.49. The van der Waals surface area contributed by atoms with Crippen LogP contribution in [0, 0.1) is 5.41 Å². The van der Waals surface area contributed by atoms with Gasteiger partial charge < -0.3 is 5.73 Å². The van der Waals surface area contributed by atoms with Crippen molar-refractivity contribution in [1.29, 1.82) is 0 Å². The van der Waals surface area contributed by atoms with E-state index in [1.54, 1.807) is 4.31 Å². The quantitative estimate of drug-likeness (QED) is 0.811. The zero-order chi connectivity index (χ0) is 12.5. The molecular weight excluding hydrogens is 236 g/mol. The van der Waals surface area contributed by atoms with Crippen molar-refractivity contribution in [3.8, 4) is 0 Å². The molecule has 0 spiro atoms. The Hall–Kier alpha value is -0.130. The lowest BCUT2D eigenvalue weighted by Crippen LogP contribution is -2.43. The normalized spacial score (nSPS) is 34.1. The van der Waals surface area contributed by atoms with Crippen LogP contribution in [0.1, 0.15) is 45.4 Å². The zero-order valence-electron chi connectivity index (χ0n) is 10.7. The fraction of sp³-hybridized carbons (Fsp3) is 1.00.